The molecular weight excluding hydrogens is 334 g/mol. The molecule has 2 aromatic rings. The number of amides is 1. The first kappa shape index (κ1) is 15.0. The van der Waals surface area contributed by atoms with Crippen LogP contribution in [0.25, 0.3) is 6.08 Å². The Morgan fingerprint density at radius 3 is 2.19 bits per heavy atom. The molecule has 0 heterocycles. The molecule has 2 N–H and O–H groups in total. The Kier molecular flexibility index (Phi) is 4.90. The zero-order chi connectivity index (χ0) is 15.2. The summed E-state index contributed by atoms with van der Waals surface area (Å²) in [5.74, 6) is -1.65. The molecule has 21 heavy (non-hydrogen) atoms. The standard InChI is InChI=1S/C16H12BrNO3/c17-13-8-6-11(7-9-13)10-14(16(20)21)18-15(19)12-4-2-1-3-5-12/h1-10H,(H,18,19)(H,20,21). The molecule has 0 aromatic heterocycles. The number of carbonyl (C=O) groups excluding carboxylic acids is 1. The third-order valence-corrected chi connectivity index (χ3v) is 3.22. The van der Waals surface area contributed by atoms with Gasteiger partial charge in [0.25, 0.3) is 5.91 Å². The molecule has 4 nitrogen and oxygen atoms in total. The van der Waals surface area contributed by atoms with Gasteiger partial charge in [-0.1, -0.05) is 46.3 Å². The van der Waals surface area contributed by atoms with Crippen LogP contribution in [0.15, 0.2) is 64.8 Å². The molecule has 0 fully saturated rings. The van der Waals surface area contributed by atoms with Crippen LogP contribution in [0.4, 0.5) is 0 Å². The Bertz CT molecular complexity index is 678. The Morgan fingerprint density at radius 1 is 1.00 bits per heavy atom. The number of carboxylic acids is 1. The minimum atomic E-state index is -1.19. The normalized spacial score (nSPS) is 11.0. The summed E-state index contributed by atoms with van der Waals surface area (Å²) in [6, 6.07) is 15.6. The average Bonchev–Trinajstić information content (AvgIpc) is 2.49. The van der Waals surface area contributed by atoms with Gasteiger partial charge >= 0.3 is 5.97 Å². The van der Waals surface area contributed by atoms with Crippen molar-refractivity contribution in [2.75, 3.05) is 0 Å². The zero-order valence-electron chi connectivity index (χ0n) is 10.9. The van der Waals surface area contributed by atoms with E-state index in [9.17, 15) is 14.7 Å². The number of carboxylic acid groups (broad SMARTS) is 1. The first-order chi connectivity index (χ1) is 10.1. The number of nitrogens with one attached hydrogen (secondary N) is 1. The topological polar surface area (TPSA) is 66.4 Å². The van der Waals surface area contributed by atoms with Crippen molar-refractivity contribution in [3.8, 4) is 0 Å². The van der Waals surface area contributed by atoms with Crippen LogP contribution in [0.3, 0.4) is 0 Å². The highest BCUT2D eigenvalue weighted by atomic mass is 79.9. The van der Waals surface area contributed by atoms with E-state index in [0.717, 1.165) is 4.47 Å². The van der Waals surface area contributed by atoms with Gasteiger partial charge in [0.05, 0.1) is 0 Å². The van der Waals surface area contributed by atoms with Crippen LogP contribution in [-0.4, -0.2) is 17.0 Å². The Labute approximate surface area is 130 Å². The number of hydrogen-bond acceptors (Lipinski definition) is 2. The van der Waals surface area contributed by atoms with Gasteiger partial charge in [0.1, 0.15) is 5.70 Å². The van der Waals surface area contributed by atoms with Crippen molar-refractivity contribution in [3.05, 3.63) is 75.9 Å². The maximum atomic E-state index is 12.0. The van der Waals surface area contributed by atoms with E-state index >= 15 is 0 Å². The van der Waals surface area contributed by atoms with Crippen molar-refractivity contribution in [1.29, 1.82) is 0 Å². The maximum Gasteiger partial charge on any atom is 0.352 e. The number of halogens is 1. The van der Waals surface area contributed by atoms with Gasteiger partial charge in [-0.15, -0.1) is 0 Å². The fourth-order valence-corrected chi connectivity index (χ4v) is 1.93. The molecule has 0 radical (unpaired) electrons. The summed E-state index contributed by atoms with van der Waals surface area (Å²) in [6.07, 6.45) is 1.41. The lowest BCUT2D eigenvalue weighted by Gasteiger charge is -2.06. The summed E-state index contributed by atoms with van der Waals surface area (Å²) in [6.45, 7) is 0. The Morgan fingerprint density at radius 2 is 1.62 bits per heavy atom. The van der Waals surface area contributed by atoms with E-state index in [-0.39, 0.29) is 5.70 Å². The van der Waals surface area contributed by atoms with Crippen LogP contribution in [0, 0.1) is 0 Å². The van der Waals surface area contributed by atoms with Gasteiger partial charge in [0.15, 0.2) is 0 Å². The molecule has 0 saturated heterocycles. The summed E-state index contributed by atoms with van der Waals surface area (Å²) in [4.78, 5) is 23.2. The molecule has 2 aromatic carbocycles. The molecule has 106 valence electrons. The predicted octanol–water partition coefficient (Wildman–Crippen LogP) is 3.30. The van der Waals surface area contributed by atoms with E-state index in [2.05, 4.69) is 21.2 Å². The van der Waals surface area contributed by atoms with Crippen molar-refractivity contribution in [2.45, 2.75) is 0 Å². The Hall–Kier alpha value is -2.40. The number of benzene rings is 2. The molecule has 0 spiro atoms. The van der Waals surface area contributed by atoms with E-state index in [1.807, 2.05) is 0 Å². The third-order valence-electron chi connectivity index (χ3n) is 2.70. The fraction of sp³-hybridized carbons (Fsp3) is 0. The molecule has 0 aliphatic rings. The Balaban J connectivity index is 2.22. The summed E-state index contributed by atoms with van der Waals surface area (Å²) in [5, 5.41) is 11.6. The second kappa shape index (κ2) is 6.85. The van der Waals surface area contributed by atoms with E-state index in [0.29, 0.717) is 11.1 Å². The third kappa shape index (κ3) is 4.29. The molecular formula is C16H12BrNO3. The lowest BCUT2D eigenvalue weighted by molar-refractivity contribution is -0.132. The highest BCUT2D eigenvalue weighted by molar-refractivity contribution is 9.10. The molecule has 0 aliphatic carbocycles. The highest BCUT2D eigenvalue weighted by Crippen LogP contribution is 2.13. The van der Waals surface area contributed by atoms with Crippen LogP contribution >= 0.6 is 15.9 Å². The molecule has 2 rings (SSSR count). The van der Waals surface area contributed by atoms with E-state index in [1.165, 1.54) is 6.08 Å². The van der Waals surface area contributed by atoms with Crippen LogP contribution in [0.1, 0.15) is 15.9 Å². The van der Waals surface area contributed by atoms with Gasteiger partial charge < -0.3 is 10.4 Å². The number of carbonyl (C=O) groups is 2. The smallest absolute Gasteiger partial charge is 0.352 e. The van der Waals surface area contributed by atoms with Gasteiger partial charge in [-0.05, 0) is 35.9 Å². The number of aliphatic carboxylic acids is 1. The van der Waals surface area contributed by atoms with Crippen LogP contribution in [-0.2, 0) is 4.79 Å². The maximum absolute atomic E-state index is 12.0. The summed E-state index contributed by atoms with van der Waals surface area (Å²) < 4.78 is 0.893. The van der Waals surface area contributed by atoms with E-state index < -0.39 is 11.9 Å². The van der Waals surface area contributed by atoms with Crippen LogP contribution < -0.4 is 5.32 Å². The molecule has 0 bridgehead atoms. The lowest BCUT2D eigenvalue weighted by atomic mass is 10.1. The van der Waals surface area contributed by atoms with Crippen molar-refractivity contribution in [1.82, 2.24) is 5.32 Å². The second-order valence-electron chi connectivity index (χ2n) is 4.23. The SMILES string of the molecule is O=C(O)C(=Cc1ccc(Br)cc1)NC(=O)c1ccccc1. The average molecular weight is 346 g/mol. The fourth-order valence-electron chi connectivity index (χ4n) is 1.66. The van der Waals surface area contributed by atoms with Crippen molar-refractivity contribution in [2.24, 2.45) is 0 Å². The summed E-state index contributed by atoms with van der Waals surface area (Å²) >= 11 is 3.30. The second-order valence-corrected chi connectivity index (χ2v) is 5.15. The van der Waals surface area contributed by atoms with Crippen molar-refractivity contribution >= 4 is 33.9 Å². The summed E-state index contributed by atoms with van der Waals surface area (Å²) in [7, 11) is 0. The molecule has 0 aliphatic heterocycles. The molecule has 0 saturated carbocycles. The lowest BCUT2D eigenvalue weighted by Crippen LogP contribution is -2.27. The first-order valence-corrected chi connectivity index (χ1v) is 6.92. The van der Waals surface area contributed by atoms with E-state index in [4.69, 9.17) is 0 Å². The van der Waals surface area contributed by atoms with Crippen molar-refractivity contribution in [3.63, 3.8) is 0 Å². The highest BCUT2D eigenvalue weighted by Gasteiger charge is 2.12. The molecule has 5 heteroatoms. The first-order valence-electron chi connectivity index (χ1n) is 6.13. The van der Waals surface area contributed by atoms with Gasteiger partial charge in [-0.3, -0.25) is 4.79 Å². The zero-order valence-corrected chi connectivity index (χ0v) is 12.5. The molecule has 1 amide bonds. The van der Waals surface area contributed by atoms with Gasteiger partial charge in [0.2, 0.25) is 0 Å². The van der Waals surface area contributed by atoms with E-state index in [1.54, 1.807) is 54.6 Å². The van der Waals surface area contributed by atoms with Crippen LogP contribution in [0.2, 0.25) is 0 Å². The van der Waals surface area contributed by atoms with Gasteiger partial charge in [-0.25, -0.2) is 4.79 Å². The largest absolute Gasteiger partial charge is 0.477 e. The molecule has 0 atom stereocenters. The molecule has 0 unspecified atom stereocenters. The predicted molar refractivity (Wildman–Crippen MR) is 83.7 cm³/mol. The minimum Gasteiger partial charge on any atom is -0.477 e. The van der Waals surface area contributed by atoms with Crippen molar-refractivity contribution < 1.29 is 14.7 Å². The van der Waals surface area contributed by atoms with Crippen LogP contribution in [0.5, 0.6) is 0 Å². The quantitative estimate of drug-likeness (QED) is 0.835. The van der Waals surface area contributed by atoms with Gasteiger partial charge in [0, 0.05) is 10.0 Å². The number of rotatable bonds is 4. The number of hydrogen-bond donors (Lipinski definition) is 2. The summed E-state index contributed by atoms with van der Waals surface area (Å²) in [5.41, 5.74) is 0.913. The monoisotopic (exact) mass is 345 g/mol. The van der Waals surface area contributed by atoms with Gasteiger partial charge in [-0.2, -0.15) is 0 Å². The minimum absolute atomic E-state index is 0.175.